The van der Waals surface area contributed by atoms with Crippen LogP contribution < -0.4 is 5.32 Å². The van der Waals surface area contributed by atoms with E-state index in [1.54, 1.807) is 27.0 Å². The molecule has 1 aromatic carbocycles. The van der Waals surface area contributed by atoms with Gasteiger partial charge in [0.2, 0.25) is 5.95 Å². The van der Waals surface area contributed by atoms with E-state index in [1.165, 1.54) is 12.0 Å². The highest BCUT2D eigenvalue weighted by Crippen LogP contribution is 2.25. The lowest BCUT2D eigenvalue weighted by atomic mass is 10.0. The standard InChI is InChI=1S/C27H36N6O4/c1-27(2,3)33(26(35)36)23(24(34)37-4)18-31-15-12-19(13-16-31)29-25-30-21-10-5-6-11-22(21)32(25)17-20-9-7-8-14-28-20/h5-11,14,19,23H,12-13,15-18H2,1-4H3,(H,29,30)(H,35,36). The summed E-state index contributed by atoms with van der Waals surface area (Å²) in [5.74, 6) is 0.267. The highest BCUT2D eigenvalue weighted by atomic mass is 16.5. The fourth-order valence-electron chi connectivity index (χ4n) is 4.97. The zero-order chi connectivity index (χ0) is 26.6. The number of hydrogen-bond acceptors (Lipinski definition) is 7. The summed E-state index contributed by atoms with van der Waals surface area (Å²) in [5.41, 5.74) is 2.19. The molecule has 1 fully saturated rings. The van der Waals surface area contributed by atoms with Crippen molar-refractivity contribution in [3.8, 4) is 0 Å². The quantitative estimate of drug-likeness (QED) is 0.443. The van der Waals surface area contributed by atoms with Gasteiger partial charge in [-0.2, -0.15) is 0 Å². The number of nitrogens with zero attached hydrogens (tertiary/aromatic N) is 5. The van der Waals surface area contributed by atoms with Gasteiger partial charge in [-0.25, -0.2) is 14.6 Å². The lowest BCUT2D eigenvalue weighted by Gasteiger charge is -2.41. The third kappa shape index (κ3) is 6.19. The van der Waals surface area contributed by atoms with Crippen molar-refractivity contribution < 1.29 is 19.4 Å². The number of fused-ring (bicyclic) bond motifs is 1. The summed E-state index contributed by atoms with van der Waals surface area (Å²) in [5, 5.41) is 13.5. The Morgan fingerprint density at radius 1 is 1.16 bits per heavy atom. The number of carbonyl (C=O) groups excluding carboxylic acids is 1. The molecule has 3 heterocycles. The second kappa shape index (κ2) is 11.2. The molecule has 2 aromatic heterocycles. The van der Waals surface area contributed by atoms with Crippen LogP contribution in [0.5, 0.6) is 0 Å². The Hall–Kier alpha value is -3.66. The molecule has 1 atom stereocenters. The predicted octanol–water partition coefficient (Wildman–Crippen LogP) is 3.68. The maximum Gasteiger partial charge on any atom is 0.408 e. The van der Waals surface area contributed by atoms with Crippen molar-refractivity contribution in [3.05, 3.63) is 54.4 Å². The number of para-hydroxylation sites is 2. The predicted molar refractivity (Wildman–Crippen MR) is 142 cm³/mol. The van der Waals surface area contributed by atoms with Crippen molar-refractivity contribution in [2.75, 3.05) is 32.1 Å². The fourth-order valence-corrected chi connectivity index (χ4v) is 4.97. The number of esters is 1. The van der Waals surface area contributed by atoms with E-state index in [2.05, 4.69) is 25.8 Å². The average Bonchev–Trinajstić information content (AvgIpc) is 3.20. The number of rotatable bonds is 8. The summed E-state index contributed by atoms with van der Waals surface area (Å²) in [6.45, 7) is 7.70. The second-order valence-electron chi connectivity index (χ2n) is 10.4. The summed E-state index contributed by atoms with van der Waals surface area (Å²) in [6.07, 6.45) is 2.34. The summed E-state index contributed by atoms with van der Waals surface area (Å²) in [6, 6.07) is 13.3. The number of imidazole rings is 1. The molecule has 0 aliphatic carbocycles. The Labute approximate surface area is 217 Å². The summed E-state index contributed by atoms with van der Waals surface area (Å²) < 4.78 is 7.13. The number of amides is 1. The number of benzene rings is 1. The van der Waals surface area contributed by atoms with Gasteiger partial charge in [0.05, 0.1) is 30.4 Å². The smallest absolute Gasteiger partial charge is 0.408 e. The lowest BCUT2D eigenvalue weighted by Crippen LogP contribution is -2.59. The van der Waals surface area contributed by atoms with E-state index in [1.807, 2.05) is 36.4 Å². The van der Waals surface area contributed by atoms with Crippen molar-refractivity contribution in [1.82, 2.24) is 24.3 Å². The van der Waals surface area contributed by atoms with Gasteiger partial charge in [0.1, 0.15) is 6.04 Å². The summed E-state index contributed by atoms with van der Waals surface area (Å²) in [7, 11) is 1.30. The van der Waals surface area contributed by atoms with E-state index in [9.17, 15) is 14.7 Å². The molecule has 0 spiro atoms. The monoisotopic (exact) mass is 508 g/mol. The SMILES string of the molecule is COC(=O)C(CN1CCC(Nc2nc3ccccc3n2Cc2ccccn2)CC1)N(C(=O)O)C(C)(C)C. The Morgan fingerprint density at radius 3 is 2.49 bits per heavy atom. The molecule has 1 aliphatic rings. The van der Waals surface area contributed by atoms with Crippen LogP contribution >= 0.6 is 0 Å². The number of hydrogen-bond donors (Lipinski definition) is 2. The number of pyridine rings is 1. The molecular weight excluding hydrogens is 472 g/mol. The largest absolute Gasteiger partial charge is 0.467 e. The number of nitrogens with one attached hydrogen (secondary N) is 1. The highest BCUT2D eigenvalue weighted by Gasteiger charge is 2.39. The molecule has 0 radical (unpaired) electrons. The second-order valence-corrected chi connectivity index (χ2v) is 10.4. The first kappa shape index (κ1) is 26.4. The lowest BCUT2D eigenvalue weighted by molar-refractivity contribution is -0.149. The van der Waals surface area contributed by atoms with Gasteiger partial charge in [-0.3, -0.25) is 9.88 Å². The Bertz CT molecular complexity index is 1210. The number of aromatic nitrogens is 3. The zero-order valence-corrected chi connectivity index (χ0v) is 21.9. The Balaban J connectivity index is 1.45. The molecule has 37 heavy (non-hydrogen) atoms. The first-order valence-corrected chi connectivity index (χ1v) is 12.6. The number of piperidine rings is 1. The van der Waals surface area contributed by atoms with E-state index in [0.29, 0.717) is 13.1 Å². The maximum atomic E-state index is 12.6. The van der Waals surface area contributed by atoms with E-state index in [0.717, 1.165) is 48.6 Å². The molecule has 4 rings (SSSR count). The number of carboxylic acid groups (broad SMARTS) is 1. The molecule has 0 bridgehead atoms. The van der Waals surface area contributed by atoms with Crippen LogP contribution in [0.2, 0.25) is 0 Å². The van der Waals surface area contributed by atoms with Gasteiger partial charge in [0.25, 0.3) is 0 Å². The van der Waals surface area contributed by atoms with Crippen LogP contribution in [0.3, 0.4) is 0 Å². The number of likely N-dealkylation sites (tertiary alicyclic amines) is 1. The van der Waals surface area contributed by atoms with Crippen LogP contribution in [0, 0.1) is 0 Å². The Kier molecular flexibility index (Phi) is 7.97. The van der Waals surface area contributed by atoms with Crippen molar-refractivity contribution in [2.45, 2.75) is 57.8 Å². The minimum Gasteiger partial charge on any atom is -0.467 e. The van der Waals surface area contributed by atoms with Gasteiger partial charge in [-0.1, -0.05) is 18.2 Å². The van der Waals surface area contributed by atoms with Crippen molar-refractivity contribution in [2.24, 2.45) is 0 Å². The third-order valence-electron chi connectivity index (χ3n) is 6.77. The number of ether oxygens (including phenoxy) is 1. The molecule has 10 heteroatoms. The Morgan fingerprint density at radius 2 is 1.86 bits per heavy atom. The molecule has 2 N–H and O–H groups in total. The van der Waals surface area contributed by atoms with Crippen LogP contribution in [0.25, 0.3) is 11.0 Å². The normalized spacial score (nSPS) is 15.9. The zero-order valence-electron chi connectivity index (χ0n) is 21.9. The van der Waals surface area contributed by atoms with Crippen LogP contribution in [0.1, 0.15) is 39.3 Å². The number of carbonyl (C=O) groups is 2. The van der Waals surface area contributed by atoms with Crippen LogP contribution in [0.4, 0.5) is 10.7 Å². The summed E-state index contributed by atoms with van der Waals surface area (Å²) >= 11 is 0. The summed E-state index contributed by atoms with van der Waals surface area (Å²) in [4.78, 5) is 37.3. The van der Waals surface area contributed by atoms with Crippen molar-refractivity contribution in [3.63, 3.8) is 0 Å². The van der Waals surface area contributed by atoms with Gasteiger partial charge < -0.3 is 24.6 Å². The van der Waals surface area contributed by atoms with Gasteiger partial charge in [-0.15, -0.1) is 0 Å². The first-order valence-electron chi connectivity index (χ1n) is 12.6. The van der Waals surface area contributed by atoms with E-state index >= 15 is 0 Å². The average molecular weight is 509 g/mol. The molecule has 0 saturated carbocycles. The third-order valence-corrected chi connectivity index (χ3v) is 6.77. The fraction of sp³-hybridized carbons (Fsp3) is 0.481. The highest BCUT2D eigenvalue weighted by molar-refractivity contribution is 5.81. The molecular formula is C27H36N6O4. The first-order chi connectivity index (χ1) is 17.7. The van der Waals surface area contributed by atoms with E-state index in [-0.39, 0.29) is 6.04 Å². The van der Waals surface area contributed by atoms with Crippen molar-refractivity contribution >= 4 is 29.0 Å². The number of anilines is 1. The molecule has 3 aromatic rings. The molecule has 10 nitrogen and oxygen atoms in total. The van der Waals surface area contributed by atoms with Crippen molar-refractivity contribution in [1.29, 1.82) is 0 Å². The van der Waals surface area contributed by atoms with Gasteiger partial charge in [0, 0.05) is 37.4 Å². The molecule has 1 amide bonds. The van der Waals surface area contributed by atoms with E-state index < -0.39 is 23.6 Å². The van der Waals surface area contributed by atoms with E-state index in [4.69, 9.17) is 9.72 Å². The van der Waals surface area contributed by atoms with Crippen LogP contribution in [-0.4, -0.2) is 85.9 Å². The molecule has 198 valence electrons. The van der Waals surface area contributed by atoms with Crippen LogP contribution in [0.15, 0.2) is 48.7 Å². The minimum absolute atomic E-state index is 0.199. The van der Waals surface area contributed by atoms with Gasteiger partial charge in [-0.05, 0) is 57.9 Å². The van der Waals surface area contributed by atoms with Gasteiger partial charge >= 0.3 is 12.1 Å². The maximum absolute atomic E-state index is 12.6. The number of methoxy groups -OCH3 is 1. The topological polar surface area (TPSA) is 113 Å². The molecule has 1 saturated heterocycles. The molecule has 1 unspecified atom stereocenters. The van der Waals surface area contributed by atoms with Gasteiger partial charge in [0.15, 0.2) is 0 Å². The minimum atomic E-state index is -1.13. The molecule has 1 aliphatic heterocycles. The van der Waals surface area contributed by atoms with Crippen LogP contribution in [-0.2, 0) is 16.1 Å².